The zero-order valence-electron chi connectivity index (χ0n) is 8.26. The molecule has 1 unspecified atom stereocenters. The molecule has 1 nitrogen and oxygen atoms in total. The van der Waals surface area contributed by atoms with Crippen molar-refractivity contribution >= 4 is 22.9 Å². The molecule has 0 aliphatic heterocycles. The Balaban J connectivity index is 2.39. The molecule has 78 valence electrons. The maximum atomic E-state index is 13.0. The SMILES string of the molecule is CC1=Cc2cc(F)ccc2C1CC(=O)Cl. The fraction of sp³-hybridized carbons (Fsp3) is 0.250. The number of hydrogen-bond donors (Lipinski definition) is 0. The summed E-state index contributed by atoms with van der Waals surface area (Å²) in [5, 5.41) is -0.357. The Hall–Kier alpha value is -1.15. The summed E-state index contributed by atoms with van der Waals surface area (Å²) >= 11 is 5.38. The van der Waals surface area contributed by atoms with Gasteiger partial charge in [-0.05, 0) is 41.8 Å². The molecule has 0 N–H and O–H groups in total. The highest BCUT2D eigenvalue weighted by atomic mass is 35.5. The monoisotopic (exact) mass is 224 g/mol. The van der Waals surface area contributed by atoms with Crippen LogP contribution < -0.4 is 0 Å². The van der Waals surface area contributed by atoms with Crippen LogP contribution >= 0.6 is 11.6 Å². The van der Waals surface area contributed by atoms with Crippen LogP contribution in [0.3, 0.4) is 0 Å². The molecule has 0 saturated heterocycles. The Morgan fingerprint density at radius 3 is 2.93 bits per heavy atom. The van der Waals surface area contributed by atoms with Crippen LogP contribution in [0.25, 0.3) is 6.08 Å². The number of hydrogen-bond acceptors (Lipinski definition) is 1. The molecule has 0 heterocycles. The molecule has 15 heavy (non-hydrogen) atoms. The molecule has 1 aromatic carbocycles. The van der Waals surface area contributed by atoms with Crippen LogP contribution in [0.1, 0.15) is 30.4 Å². The maximum absolute atomic E-state index is 13.0. The first-order chi connectivity index (χ1) is 7.08. The molecule has 0 bridgehead atoms. The van der Waals surface area contributed by atoms with Gasteiger partial charge in [-0.2, -0.15) is 0 Å². The molecular formula is C12H10ClFO. The molecule has 0 spiro atoms. The first kappa shape index (κ1) is 10.4. The van der Waals surface area contributed by atoms with E-state index in [1.165, 1.54) is 12.1 Å². The summed E-state index contributed by atoms with van der Waals surface area (Å²) in [6.07, 6.45) is 2.19. The first-order valence-electron chi connectivity index (χ1n) is 4.74. The standard InChI is InChI=1S/C12H10ClFO/c1-7-4-8-5-9(14)2-3-10(8)11(7)6-12(13)15/h2-5,11H,6H2,1H3. The summed E-state index contributed by atoms with van der Waals surface area (Å²) < 4.78 is 13.0. The van der Waals surface area contributed by atoms with E-state index in [1.54, 1.807) is 6.07 Å². The van der Waals surface area contributed by atoms with Gasteiger partial charge in [0.05, 0.1) is 0 Å². The molecule has 0 radical (unpaired) electrons. The van der Waals surface area contributed by atoms with Gasteiger partial charge in [0, 0.05) is 12.3 Å². The molecule has 1 aliphatic rings. The lowest BCUT2D eigenvalue weighted by Crippen LogP contribution is -2.01. The third kappa shape index (κ3) is 1.95. The first-order valence-corrected chi connectivity index (χ1v) is 5.11. The maximum Gasteiger partial charge on any atom is 0.222 e. The van der Waals surface area contributed by atoms with E-state index in [0.29, 0.717) is 0 Å². The van der Waals surface area contributed by atoms with Gasteiger partial charge in [-0.1, -0.05) is 17.7 Å². The van der Waals surface area contributed by atoms with Gasteiger partial charge in [0.25, 0.3) is 0 Å². The summed E-state index contributed by atoms with van der Waals surface area (Å²) in [7, 11) is 0. The molecule has 3 heteroatoms. The lowest BCUT2D eigenvalue weighted by atomic mass is 9.94. The Labute approximate surface area is 92.6 Å². The third-order valence-electron chi connectivity index (χ3n) is 2.72. The lowest BCUT2D eigenvalue weighted by molar-refractivity contribution is -0.111. The summed E-state index contributed by atoms with van der Waals surface area (Å²) in [6.45, 7) is 1.93. The van der Waals surface area contributed by atoms with Gasteiger partial charge in [-0.3, -0.25) is 4.79 Å². The van der Waals surface area contributed by atoms with E-state index in [2.05, 4.69) is 0 Å². The van der Waals surface area contributed by atoms with Crippen molar-refractivity contribution in [3.63, 3.8) is 0 Å². The van der Waals surface area contributed by atoms with Crippen molar-refractivity contribution in [2.45, 2.75) is 19.3 Å². The number of fused-ring (bicyclic) bond motifs is 1. The number of rotatable bonds is 2. The van der Waals surface area contributed by atoms with E-state index < -0.39 is 0 Å². The molecular weight excluding hydrogens is 215 g/mol. The highest BCUT2D eigenvalue weighted by molar-refractivity contribution is 6.63. The predicted octanol–water partition coefficient (Wildman–Crippen LogP) is 3.48. The molecule has 0 saturated carbocycles. The molecule has 1 aromatic rings. The topological polar surface area (TPSA) is 17.1 Å². The Kier molecular flexibility index (Phi) is 2.61. The summed E-state index contributed by atoms with van der Waals surface area (Å²) in [4.78, 5) is 10.9. The van der Waals surface area contributed by atoms with Crippen LogP contribution in [0.2, 0.25) is 0 Å². The van der Waals surface area contributed by atoms with Crippen molar-refractivity contribution in [2.75, 3.05) is 0 Å². The van der Waals surface area contributed by atoms with Gasteiger partial charge in [-0.15, -0.1) is 0 Å². The second-order valence-electron chi connectivity index (χ2n) is 3.77. The normalized spacial score (nSPS) is 18.6. The van der Waals surface area contributed by atoms with Gasteiger partial charge in [-0.25, -0.2) is 4.39 Å². The van der Waals surface area contributed by atoms with Crippen LogP contribution in [-0.2, 0) is 4.79 Å². The van der Waals surface area contributed by atoms with Crippen molar-refractivity contribution in [3.05, 3.63) is 40.7 Å². The van der Waals surface area contributed by atoms with Gasteiger partial charge in [0.1, 0.15) is 5.82 Å². The zero-order chi connectivity index (χ0) is 11.0. The number of allylic oxidation sites excluding steroid dienone is 1. The van der Waals surface area contributed by atoms with Crippen molar-refractivity contribution in [2.24, 2.45) is 0 Å². The number of carbonyl (C=O) groups is 1. The minimum atomic E-state index is -0.357. The Morgan fingerprint density at radius 2 is 2.27 bits per heavy atom. The smallest absolute Gasteiger partial charge is 0.222 e. The summed E-state index contributed by atoms with van der Waals surface area (Å²) in [5.41, 5.74) is 2.91. The molecule has 1 atom stereocenters. The minimum Gasteiger partial charge on any atom is -0.281 e. The van der Waals surface area contributed by atoms with Crippen LogP contribution in [0, 0.1) is 5.82 Å². The van der Waals surface area contributed by atoms with Gasteiger partial charge >= 0.3 is 0 Å². The van der Waals surface area contributed by atoms with Gasteiger partial charge in [0.2, 0.25) is 5.24 Å². The van der Waals surface area contributed by atoms with E-state index in [0.717, 1.165) is 16.7 Å². The Morgan fingerprint density at radius 1 is 1.53 bits per heavy atom. The van der Waals surface area contributed by atoms with Crippen LogP contribution in [0.5, 0.6) is 0 Å². The highest BCUT2D eigenvalue weighted by Gasteiger charge is 2.24. The van der Waals surface area contributed by atoms with Gasteiger partial charge < -0.3 is 0 Å². The van der Waals surface area contributed by atoms with E-state index in [1.807, 2.05) is 13.0 Å². The predicted molar refractivity (Wildman–Crippen MR) is 58.3 cm³/mol. The largest absolute Gasteiger partial charge is 0.281 e. The number of carbonyl (C=O) groups excluding carboxylic acids is 1. The molecule has 0 amide bonds. The second-order valence-corrected chi connectivity index (χ2v) is 4.19. The van der Waals surface area contributed by atoms with E-state index in [9.17, 15) is 9.18 Å². The van der Waals surface area contributed by atoms with E-state index >= 15 is 0 Å². The number of benzene rings is 1. The summed E-state index contributed by atoms with van der Waals surface area (Å²) in [6, 6.07) is 4.62. The van der Waals surface area contributed by atoms with Gasteiger partial charge in [0.15, 0.2) is 0 Å². The third-order valence-corrected chi connectivity index (χ3v) is 2.88. The molecule has 0 aromatic heterocycles. The van der Waals surface area contributed by atoms with Crippen LogP contribution in [0.15, 0.2) is 23.8 Å². The highest BCUT2D eigenvalue weighted by Crippen LogP contribution is 2.38. The van der Waals surface area contributed by atoms with Crippen molar-refractivity contribution < 1.29 is 9.18 Å². The fourth-order valence-corrected chi connectivity index (χ4v) is 2.16. The second kappa shape index (κ2) is 3.78. The van der Waals surface area contributed by atoms with E-state index in [4.69, 9.17) is 11.6 Å². The van der Waals surface area contributed by atoms with Crippen molar-refractivity contribution in [1.82, 2.24) is 0 Å². The quantitative estimate of drug-likeness (QED) is 0.703. The minimum absolute atomic E-state index is 0.0191. The van der Waals surface area contributed by atoms with Crippen molar-refractivity contribution in [1.29, 1.82) is 0 Å². The fourth-order valence-electron chi connectivity index (χ4n) is 2.01. The molecule has 0 fully saturated rings. The number of halogens is 2. The van der Waals surface area contributed by atoms with Crippen LogP contribution in [0.4, 0.5) is 4.39 Å². The Bertz CT molecular complexity index is 451. The van der Waals surface area contributed by atoms with Crippen LogP contribution in [-0.4, -0.2) is 5.24 Å². The summed E-state index contributed by atoms with van der Waals surface area (Å²) in [5.74, 6) is -0.235. The van der Waals surface area contributed by atoms with Crippen molar-refractivity contribution in [3.8, 4) is 0 Å². The zero-order valence-corrected chi connectivity index (χ0v) is 9.01. The molecule has 2 rings (SSSR count). The molecule has 1 aliphatic carbocycles. The van der Waals surface area contributed by atoms with E-state index in [-0.39, 0.29) is 23.4 Å². The average molecular weight is 225 g/mol. The lowest BCUT2D eigenvalue weighted by Gasteiger charge is -2.11. The average Bonchev–Trinajstić information content (AvgIpc) is 2.41.